The lowest BCUT2D eigenvalue weighted by Crippen LogP contribution is -2.53. The molecule has 3 saturated carbocycles. The molecule has 0 amide bonds. The molecule has 7 atom stereocenters. The molecule has 1 N–H and O–H groups in total. The van der Waals surface area contributed by atoms with Gasteiger partial charge >= 0.3 is 0 Å². The summed E-state index contributed by atoms with van der Waals surface area (Å²) in [5.74, 6) is 3.10. The van der Waals surface area contributed by atoms with Crippen LogP contribution in [0.5, 0.6) is 0 Å². The minimum absolute atomic E-state index is 0.100. The summed E-state index contributed by atoms with van der Waals surface area (Å²) < 4.78 is 0. The van der Waals surface area contributed by atoms with E-state index in [1.54, 1.807) is 0 Å². The predicted molar refractivity (Wildman–Crippen MR) is 87.3 cm³/mol. The van der Waals surface area contributed by atoms with Gasteiger partial charge in [0, 0.05) is 12.8 Å². The largest absolute Gasteiger partial charge is 0.393 e. The van der Waals surface area contributed by atoms with E-state index in [1.165, 1.54) is 24.8 Å². The SMILES string of the molecule is CC1C=C2CC(=O)CC[C@]2(C)C2CC[C@@]3(C)C(CC[C@@H]3O)C12. The molecule has 4 rings (SSSR count). The van der Waals surface area contributed by atoms with E-state index in [4.69, 9.17) is 0 Å². The first-order valence-corrected chi connectivity index (χ1v) is 9.27. The summed E-state index contributed by atoms with van der Waals surface area (Å²) in [6.07, 6.45) is 9.47. The third-order valence-corrected chi connectivity index (χ3v) is 8.22. The zero-order valence-electron chi connectivity index (χ0n) is 14.3. The highest BCUT2D eigenvalue weighted by Gasteiger charge is 2.59. The number of carbonyl (C=O) groups excluding carboxylic acids is 1. The Morgan fingerprint density at radius 3 is 2.68 bits per heavy atom. The van der Waals surface area contributed by atoms with Gasteiger partial charge in [0.2, 0.25) is 0 Å². The Hall–Kier alpha value is -0.630. The lowest BCUT2D eigenvalue weighted by molar-refractivity contribution is -0.123. The summed E-state index contributed by atoms with van der Waals surface area (Å²) in [4.78, 5) is 11.9. The van der Waals surface area contributed by atoms with Crippen LogP contribution in [0.3, 0.4) is 0 Å². The fourth-order valence-corrected chi connectivity index (χ4v) is 6.81. The van der Waals surface area contributed by atoms with Crippen LogP contribution in [0.15, 0.2) is 11.6 Å². The molecule has 0 heterocycles. The second-order valence-corrected chi connectivity index (χ2v) is 9.11. The van der Waals surface area contributed by atoms with Crippen LogP contribution in [0.2, 0.25) is 0 Å². The van der Waals surface area contributed by atoms with Gasteiger partial charge in [-0.05, 0) is 66.6 Å². The van der Waals surface area contributed by atoms with Crippen LogP contribution in [-0.2, 0) is 4.79 Å². The molecule has 2 nitrogen and oxygen atoms in total. The monoisotopic (exact) mass is 302 g/mol. The van der Waals surface area contributed by atoms with Crippen LogP contribution in [0, 0.1) is 34.5 Å². The average Bonchev–Trinajstić information content (AvgIpc) is 2.77. The molecule has 0 aliphatic heterocycles. The number of ketones is 1. The summed E-state index contributed by atoms with van der Waals surface area (Å²) in [7, 11) is 0. The van der Waals surface area contributed by atoms with E-state index in [9.17, 15) is 9.90 Å². The maximum absolute atomic E-state index is 11.9. The molecular weight excluding hydrogens is 272 g/mol. The normalized spacial score (nSPS) is 54.3. The zero-order valence-corrected chi connectivity index (χ0v) is 14.3. The highest BCUT2D eigenvalue weighted by atomic mass is 16.3. The van der Waals surface area contributed by atoms with E-state index in [0.29, 0.717) is 30.0 Å². The summed E-state index contributed by atoms with van der Waals surface area (Å²) in [5, 5.41) is 10.5. The van der Waals surface area contributed by atoms with Gasteiger partial charge in [0.15, 0.2) is 0 Å². The van der Waals surface area contributed by atoms with Crippen molar-refractivity contribution in [2.24, 2.45) is 34.5 Å². The van der Waals surface area contributed by atoms with Crippen molar-refractivity contribution < 1.29 is 9.90 Å². The van der Waals surface area contributed by atoms with Crippen molar-refractivity contribution in [2.75, 3.05) is 0 Å². The third kappa shape index (κ3) is 1.79. The van der Waals surface area contributed by atoms with Crippen molar-refractivity contribution in [3.63, 3.8) is 0 Å². The Morgan fingerprint density at radius 1 is 1.14 bits per heavy atom. The number of carbonyl (C=O) groups is 1. The van der Waals surface area contributed by atoms with Crippen LogP contribution in [-0.4, -0.2) is 17.0 Å². The van der Waals surface area contributed by atoms with Crippen LogP contribution < -0.4 is 0 Å². The molecule has 122 valence electrons. The van der Waals surface area contributed by atoms with Crippen LogP contribution in [0.4, 0.5) is 0 Å². The quantitative estimate of drug-likeness (QED) is 0.683. The summed E-state index contributed by atoms with van der Waals surface area (Å²) >= 11 is 0. The van der Waals surface area contributed by atoms with E-state index in [-0.39, 0.29) is 16.9 Å². The fourth-order valence-electron chi connectivity index (χ4n) is 6.81. The maximum Gasteiger partial charge on any atom is 0.136 e. The number of fused-ring (bicyclic) bond motifs is 5. The fraction of sp³-hybridized carbons (Fsp3) is 0.850. The molecule has 22 heavy (non-hydrogen) atoms. The molecule has 4 aliphatic rings. The van der Waals surface area contributed by atoms with E-state index in [1.807, 2.05) is 0 Å². The third-order valence-electron chi connectivity index (χ3n) is 8.22. The number of hydrogen-bond donors (Lipinski definition) is 1. The molecule has 0 aromatic rings. The molecule has 0 aromatic carbocycles. The Morgan fingerprint density at radius 2 is 1.91 bits per heavy atom. The Balaban J connectivity index is 1.74. The van der Waals surface area contributed by atoms with Crippen LogP contribution in [0.25, 0.3) is 0 Å². The number of aliphatic hydroxyl groups is 1. The van der Waals surface area contributed by atoms with Crippen molar-refractivity contribution in [1.82, 2.24) is 0 Å². The highest BCUT2D eigenvalue weighted by Crippen LogP contribution is 2.65. The predicted octanol–water partition coefficient (Wildman–Crippen LogP) is 4.13. The molecule has 4 aliphatic carbocycles. The molecule has 2 heteroatoms. The molecule has 0 aromatic heterocycles. The summed E-state index contributed by atoms with van der Waals surface area (Å²) in [5.41, 5.74) is 1.83. The second kappa shape index (κ2) is 4.69. The summed E-state index contributed by atoms with van der Waals surface area (Å²) in [6, 6.07) is 0. The van der Waals surface area contributed by atoms with E-state index in [0.717, 1.165) is 25.2 Å². The van der Waals surface area contributed by atoms with Crippen molar-refractivity contribution in [3.05, 3.63) is 11.6 Å². The molecule has 3 fully saturated rings. The Kier molecular flexibility index (Phi) is 3.18. The first kappa shape index (κ1) is 14.9. The standard InChI is InChI=1S/C20H30O2/c1-12-10-13-11-14(21)6-8-19(13,2)16-7-9-20(3)15(18(12)16)4-5-17(20)22/h10,12,15-18,22H,4-9,11H2,1-3H3/t12?,15?,16?,17-,18?,19-,20-/m0/s1. The van der Waals surface area contributed by atoms with Gasteiger partial charge in [0.25, 0.3) is 0 Å². The number of hydrogen-bond acceptors (Lipinski definition) is 2. The minimum Gasteiger partial charge on any atom is -0.393 e. The van der Waals surface area contributed by atoms with Gasteiger partial charge in [-0.25, -0.2) is 0 Å². The van der Waals surface area contributed by atoms with Gasteiger partial charge in [-0.2, -0.15) is 0 Å². The number of Topliss-reactive ketones (excluding diaryl/α,β-unsaturated/α-hetero) is 1. The van der Waals surface area contributed by atoms with Crippen molar-refractivity contribution in [3.8, 4) is 0 Å². The van der Waals surface area contributed by atoms with E-state index in [2.05, 4.69) is 26.8 Å². The van der Waals surface area contributed by atoms with Crippen LogP contribution in [0.1, 0.15) is 65.7 Å². The van der Waals surface area contributed by atoms with E-state index >= 15 is 0 Å². The van der Waals surface area contributed by atoms with Gasteiger partial charge in [-0.15, -0.1) is 0 Å². The Labute approximate surface area is 134 Å². The molecule has 0 bridgehead atoms. The van der Waals surface area contributed by atoms with E-state index < -0.39 is 0 Å². The van der Waals surface area contributed by atoms with Gasteiger partial charge < -0.3 is 5.11 Å². The maximum atomic E-state index is 11.9. The Bertz CT molecular complexity index is 536. The first-order chi connectivity index (χ1) is 10.4. The van der Waals surface area contributed by atoms with Crippen molar-refractivity contribution in [1.29, 1.82) is 0 Å². The summed E-state index contributed by atoms with van der Waals surface area (Å²) in [6.45, 7) is 7.13. The topological polar surface area (TPSA) is 37.3 Å². The first-order valence-electron chi connectivity index (χ1n) is 9.27. The van der Waals surface area contributed by atoms with Gasteiger partial charge in [-0.1, -0.05) is 32.4 Å². The van der Waals surface area contributed by atoms with Crippen molar-refractivity contribution in [2.45, 2.75) is 71.8 Å². The molecule has 0 saturated heterocycles. The van der Waals surface area contributed by atoms with Crippen molar-refractivity contribution >= 4 is 5.78 Å². The van der Waals surface area contributed by atoms with Gasteiger partial charge in [0.05, 0.1) is 6.10 Å². The lowest BCUT2D eigenvalue weighted by Gasteiger charge is -2.58. The molecule has 0 spiro atoms. The smallest absolute Gasteiger partial charge is 0.136 e. The van der Waals surface area contributed by atoms with Gasteiger partial charge in [-0.3, -0.25) is 4.79 Å². The highest BCUT2D eigenvalue weighted by molar-refractivity contribution is 5.82. The molecule has 0 radical (unpaired) electrons. The number of aliphatic hydroxyl groups excluding tert-OH is 1. The second-order valence-electron chi connectivity index (χ2n) is 9.11. The number of rotatable bonds is 0. The number of allylic oxidation sites excluding steroid dienone is 2. The van der Waals surface area contributed by atoms with Gasteiger partial charge in [0.1, 0.15) is 5.78 Å². The van der Waals surface area contributed by atoms with Crippen LogP contribution >= 0.6 is 0 Å². The lowest BCUT2D eigenvalue weighted by atomic mass is 9.46. The molecule has 4 unspecified atom stereocenters. The minimum atomic E-state index is -0.100. The molecular formula is C20H30O2. The average molecular weight is 302 g/mol. The zero-order chi connectivity index (χ0) is 15.7.